The Morgan fingerprint density at radius 1 is 1.05 bits per heavy atom. The molecule has 0 unspecified atom stereocenters. The number of Topliss-reactive ketones (excluding diaryl/α,β-unsaturated/α-hetero) is 2. The minimum Gasteiger partial charge on any atom is -0.345 e. The Morgan fingerprint density at radius 3 is 2.68 bits per heavy atom. The minimum absolute atomic E-state index is 0.127. The third-order valence-electron chi connectivity index (χ3n) is 8.16. The first-order valence-electron chi connectivity index (χ1n) is 13.4. The maximum Gasteiger partial charge on any atom is 0.320 e. The van der Waals surface area contributed by atoms with Gasteiger partial charge in [0, 0.05) is 61.5 Å². The van der Waals surface area contributed by atoms with Gasteiger partial charge in [0.2, 0.25) is 0 Å². The highest BCUT2D eigenvalue weighted by Gasteiger charge is 2.39. The van der Waals surface area contributed by atoms with Crippen molar-refractivity contribution in [3.05, 3.63) is 71.3 Å². The molecule has 11 heteroatoms. The van der Waals surface area contributed by atoms with Crippen molar-refractivity contribution in [1.82, 2.24) is 23.8 Å². The maximum absolute atomic E-state index is 14.1. The van der Waals surface area contributed by atoms with Crippen LogP contribution in [0.15, 0.2) is 48.9 Å². The number of ketones is 2. The Labute approximate surface area is 232 Å². The second-order valence-corrected chi connectivity index (χ2v) is 10.8. The van der Waals surface area contributed by atoms with Crippen molar-refractivity contribution in [2.75, 3.05) is 19.6 Å². The van der Waals surface area contributed by atoms with Gasteiger partial charge in [0.05, 0.1) is 47.6 Å². The topological polar surface area (TPSA) is 104 Å². The summed E-state index contributed by atoms with van der Waals surface area (Å²) in [4.78, 5) is 47.0. The predicted molar refractivity (Wildman–Crippen MR) is 145 cm³/mol. The molecule has 0 radical (unpaired) electrons. The van der Waals surface area contributed by atoms with Gasteiger partial charge in [-0.3, -0.25) is 14.0 Å². The van der Waals surface area contributed by atoms with Gasteiger partial charge in [0.15, 0.2) is 11.6 Å². The molecule has 4 aromatic rings. The van der Waals surface area contributed by atoms with Crippen LogP contribution < -0.4 is 0 Å². The van der Waals surface area contributed by atoms with Crippen LogP contribution in [-0.4, -0.2) is 66.9 Å². The van der Waals surface area contributed by atoms with Crippen molar-refractivity contribution in [3.8, 4) is 6.07 Å². The first-order valence-corrected chi connectivity index (χ1v) is 13.4. The van der Waals surface area contributed by atoms with Crippen LogP contribution in [-0.2, 0) is 22.7 Å². The Morgan fingerprint density at radius 2 is 1.88 bits per heavy atom. The molecule has 0 saturated carbocycles. The summed E-state index contributed by atoms with van der Waals surface area (Å²) >= 11 is 0. The summed E-state index contributed by atoms with van der Waals surface area (Å²) in [5, 5.41) is 10.5. The van der Waals surface area contributed by atoms with Gasteiger partial charge >= 0.3 is 6.03 Å². The summed E-state index contributed by atoms with van der Waals surface area (Å²) in [6.07, 6.45) is 4.92. The minimum atomic E-state index is -2.91. The van der Waals surface area contributed by atoms with Crippen LogP contribution in [0.1, 0.15) is 41.6 Å². The molecule has 1 aromatic carbocycles. The Hall–Kier alpha value is -4.85. The molecule has 2 aliphatic heterocycles. The number of urea groups is 1. The SMILES string of the molecule is N#Cc1cc2c3c(c1)c(C1=C(c4cnc5ccccn45)C(=O)CC1=O)cn3CCN(C(=O)N1CCCC(F)(F)C1)C2. The molecule has 3 aromatic heterocycles. The van der Waals surface area contributed by atoms with Gasteiger partial charge in [-0.05, 0) is 36.2 Å². The van der Waals surface area contributed by atoms with Crippen molar-refractivity contribution in [2.45, 2.75) is 38.3 Å². The van der Waals surface area contributed by atoms with Gasteiger partial charge in [0.25, 0.3) is 5.92 Å². The smallest absolute Gasteiger partial charge is 0.320 e. The molecule has 3 aliphatic rings. The molecule has 0 N–H and O–H groups in total. The number of likely N-dealkylation sites (tertiary alicyclic amines) is 1. The van der Waals surface area contributed by atoms with Gasteiger partial charge in [-0.1, -0.05) is 6.07 Å². The van der Waals surface area contributed by atoms with Gasteiger partial charge < -0.3 is 14.4 Å². The quantitative estimate of drug-likeness (QED) is 0.344. The molecule has 41 heavy (non-hydrogen) atoms. The average molecular weight is 555 g/mol. The maximum atomic E-state index is 14.1. The number of halogens is 2. The van der Waals surface area contributed by atoms with E-state index >= 15 is 0 Å². The van der Waals surface area contributed by atoms with E-state index in [1.807, 2.05) is 22.8 Å². The molecule has 0 bridgehead atoms. The van der Waals surface area contributed by atoms with E-state index in [0.717, 1.165) is 5.52 Å². The number of pyridine rings is 1. The van der Waals surface area contributed by atoms with E-state index < -0.39 is 18.5 Å². The van der Waals surface area contributed by atoms with E-state index in [9.17, 15) is 28.4 Å². The van der Waals surface area contributed by atoms with Crippen LogP contribution in [0.4, 0.5) is 13.6 Å². The lowest BCUT2D eigenvalue weighted by molar-refractivity contribution is -0.119. The van der Waals surface area contributed by atoms with Crippen LogP contribution in [0.3, 0.4) is 0 Å². The predicted octanol–water partition coefficient (Wildman–Crippen LogP) is 4.28. The van der Waals surface area contributed by atoms with Crippen molar-refractivity contribution >= 4 is 45.3 Å². The zero-order valence-electron chi connectivity index (χ0n) is 21.9. The van der Waals surface area contributed by atoms with Crippen molar-refractivity contribution in [2.24, 2.45) is 0 Å². The highest BCUT2D eigenvalue weighted by molar-refractivity contribution is 6.51. The van der Waals surface area contributed by atoms with Crippen LogP contribution in [0.5, 0.6) is 0 Å². The number of carbonyl (C=O) groups excluding carboxylic acids is 3. The number of nitriles is 1. The molecule has 5 heterocycles. The molecule has 2 amide bonds. The second kappa shape index (κ2) is 9.09. The fourth-order valence-corrected chi connectivity index (χ4v) is 6.37. The number of fused-ring (bicyclic) bond motifs is 1. The lowest BCUT2D eigenvalue weighted by Crippen LogP contribution is -2.51. The number of benzene rings is 1. The highest BCUT2D eigenvalue weighted by atomic mass is 19.3. The normalized spacial score (nSPS) is 18.9. The molecule has 1 saturated heterocycles. The number of hydrogen-bond donors (Lipinski definition) is 0. The number of amides is 2. The van der Waals surface area contributed by atoms with E-state index in [2.05, 4.69) is 11.1 Å². The molecule has 7 rings (SSSR count). The van der Waals surface area contributed by atoms with E-state index in [1.54, 1.807) is 35.1 Å². The number of hydrogen-bond acceptors (Lipinski definition) is 5. The first-order chi connectivity index (χ1) is 19.7. The fraction of sp³-hybridized carbons (Fsp3) is 0.300. The van der Waals surface area contributed by atoms with Crippen LogP contribution in [0.2, 0.25) is 0 Å². The summed E-state index contributed by atoms with van der Waals surface area (Å²) < 4.78 is 31.8. The molecular weight excluding hydrogens is 530 g/mol. The third-order valence-corrected chi connectivity index (χ3v) is 8.16. The number of piperidine rings is 1. The van der Waals surface area contributed by atoms with Gasteiger partial charge in [-0.2, -0.15) is 5.26 Å². The Bertz CT molecular complexity index is 1880. The summed E-state index contributed by atoms with van der Waals surface area (Å²) in [5.41, 5.74) is 4.04. The number of imidazole rings is 1. The Kier molecular flexibility index (Phi) is 5.57. The monoisotopic (exact) mass is 554 g/mol. The lowest BCUT2D eigenvalue weighted by atomic mass is 9.96. The van der Waals surface area contributed by atoms with Crippen LogP contribution in [0, 0.1) is 11.3 Å². The Balaban J connectivity index is 1.36. The number of nitrogens with zero attached hydrogens (tertiary/aromatic N) is 6. The first kappa shape index (κ1) is 25.1. The zero-order chi connectivity index (χ0) is 28.5. The van der Waals surface area contributed by atoms with Crippen molar-refractivity contribution in [1.29, 1.82) is 5.26 Å². The third kappa shape index (κ3) is 4.01. The van der Waals surface area contributed by atoms with E-state index in [4.69, 9.17) is 0 Å². The standard InChI is InChI=1S/C30H24F2N6O3/c31-30(32)5-3-6-37(17-30)29(41)36-9-8-35-16-21(20-11-18(13-33)10-19(15-36)28(20)35)26-23(39)12-24(40)27(26)22-14-34-25-4-1-2-7-38(22)25/h1-2,4,7,10-11,14,16H,3,5-6,8-9,12,15,17H2. The molecule has 0 spiro atoms. The summed E-state index contributed by atoms with van der Waals surface area (Å²) in [6, 6.07) is 10.6. The van der Waals surface area contributed by atoms with Crippen LogP contribution in [0.25, 0.3) is 27.7 Å². The molecule has 9 nitrogen and oxygen atoms in total. The number of rotatable bonds is 2. The summed E-state index contributed by atoms with van der Waals surface area (Å²) in [7, 11) is 0. The average Bonchev–Trinajstić information content (AvgIpc) is 3.57. The molecule has 1 aliphatic carbocycles. The van der Waals surface area contributed by atoms with Crippen molar-refractivity contribution < 1.29 is 23.2 Å². The molecule has 0 atom stereocenters. The molecular formula is C30H24F2N6O3. The van der Waals surface area contributed by atoms with Crippen molar-refractivity contribution in [3.63, 3.8) is 0 Å². The van der Waals surface area contributed by atoms with E-state index in [0.29, 0.717) is 40.0 Å². The number of allylic oxidation sites excluding steroid dienone is 2. The zero-order valence-corrected chi connectivity index (χ0v) is 21.9. The van der Waals surface area contributed by atoms with Gasteiger partial charge in [-0.15, -0.1) is 0 Å². The van der Waals surface area contributed by atoms with Gasteiger partial charge in [0.1, 0.15) is 5.65 Å². The molecule has 206 valence electrons. The summed E-state index contributed by atoms with van der Waals surface area (Å²) in [5.74, 6) is -3.51. The number of carbonyl (C=O) groups is 3. The highest BCUT2D eigenvalue weighted by Crippen LogP contribution is 2.41. The summed E-state index contributed by atoms with van der Waals surface area (Å²) in [6.45, 7) is 0.398. The number of alkyl halides is 2. The fourth-order valence-electron chi connectivity index (χ4n) is 6.37. The molecule has 1 fully saturated rings. The van der Waals surface area contributed by atoms with Gasteiger partial charge in [-0.25, -0.2) is 18.6 Å². The second-order valence-electron chi connectivity index (χ2n) is 10.8. The van der Waals surface area contributed by atoms with Crippen LogP contribution >= 0.6 is 0 Å². The van der Waals surface area contributed by atoms with E-state index in [-0.39, 0.29) is 61.6 Å². The lowest BCUT2D eigenvalue weighted by Gasteiger charge is -2.36. The number of aromatic nitrogens is 3. The largest absolute Gasteiger partial charge is 0.345 e. The van der Waals surface area contributed by atoms with E-state index in [1.165, 1.54) is 9.80 Å².